The van der Waals surface area contributed by atoms with Gasteiger partial charge in [0.1, 0.15) is 11.9 Å². The van der Waals surface area contributed by atoms with Crippen LogP contribution in [-0.4, -0.2) is 22.1 Å². The number of aromatic nitrogens is 1. The van der Waals surface area contributed by atoms with Gasteiger partial charge in [-0.1, -0.05) is 30.3 Å². The average molecular weight is 328 g/mol. The molecule has 1 heterocycles. The Morgan fingerprint density at radius 1 is 1.25 bits per heavy atom. The molecule has 0 aliphatic carbocycles. The second-order valence-electron chi connectivity index (χ2n) is 5.19. The Morgan fingerprint density at radius 3 is 2.71 bits per heavy atom. The van der Waals surface area contributed by atoms with Crippen molar-refractivity contribution >= 4 is 22.9 Å². The van der Waals surface area contributed by atoms with Gasteiger partial charge >= 0.3 is 11.6 Å². The van der Waals surface area contributed by atoms with Crippen molar-refractivity contribution in [1.82, 2.24) is 4.98 Å². The molecule has 6 nitrogen and oxygen atoms in total. The van der Waals surface area contributed by atoms with Crippen molar-refractivity contribution < 1.29 is 18.7 Å². The molecule has 2 aromatic carbocycles. The summed E-state index contributed by atoms with van der Waals surface area (Å²) in [4.78, 5) is 27.3. The molecule has 1 atom stereocenters. The third-order valence-corrected chi connectivity index (χ3v) is 3.47. The first-order valence-electron chi connectivity index (χ1n) is 7.16. The average Bonchev–Trinajstić information content (AvgIpc) is 2.54. The Hall–Kier alpha value is -3.22. The van der Waals surface area contributed by atoms with Crippen LogP contribution in [0.1, 0.15) is 5.56 Å². The molecule has 0 saturated heterocycles. The topological polar surface area (TPSA) is 92.4 Å². The maximum absolute atomic E-state index is 13.3. The van der Waals surface area contributed by atoms with Crippen LogP contribution in [0.15, 0.2) is 57.7 Å². The van der Waals surface area contributed by atoms with Gasteiger partial charge < -0.3 is 14.8 Å². The summed E-state index contributed by atoms with van der Waals surface area (Å²) in [5.74, 6) is -1.67. The van der Waals surface area contributed by atoms with Crippen LogP contribution in [0.2, 0.25) is 0 Å². The van der Waals surface area contributed by atoms with Crippen LogP contribution >= 0.6 is 0 Å². The third-order valence-electron chi connectivity index (χ3n) is 3.47. The summed E-state index contributed by atoms with van der Waals surface area (Å²) in [7, 11) is 0. The zero-order valence-corrected chi connectivity index (χ0v) is 12.4. The van der Waals surface area contributed by atoms with Crippen molar-refractivity contribution in [1.29, 1.82) is 0 Å². The zero-order valence-electron chi connectivity index (χ0n) is 12.4. The molecule has 0 amide bonds. The van der Waals surface area contributed by atoms with E-state index in [1.807, 2.05) is 6.07 Å². The fourth-order valence-electron chi connectivity index (χ4n) is 2.31. The predicted octanol–water partition coefficient (Wildman–Crippen LogP) is 2.43. The van der Waals surface area contributed by atoms with Crippen molar-refractivity contribution in [2.45, 2.75) is 12.5 Å². The molecule has 24 heavy (non-hydrogen) atoms. The minimum absolute atomic E-state index is 0.0950. The van der Waals surface area contributed by atoms with Crippen molar-refractivity contribution in [3.8, 4) is 0 Å². The Morgan fingerprint density at radius 2 is 2.00 bits per heavy atom. The largest absolute Gasteiger partial charge is 0.480 e. The zero-order chi connectivity index (χ0) is 17.1. The molecule has 7 heteroatoms. The van der Waals surface area contributed by atoms with Gasteiger partial charge in [-0.25, -0.2) is 14.0 Å². The third kappa shape index (κ3) is 3.40. The van der Waals surface area contributed by atoms with E-state index in [1.165, 1.54) is 6.07 Å². The smallest absolute Gasteiger partial charge is 0.348 e. The number of carbonyl (C=O) groups is 1. The van der Waals surface area contributed by atoms with E-state index in [2.05, 4.69) is 10.3 Å². The van der Waals surface area contributed by atoms with E-state index in [9.17, 15) is 19.1 Å². The first-order valence-corrected chi connectivity index (χ1v) is 7.16. The molecule has 0 aliphatic heterocycles. The second-order valence-corrected chi connectivity index (χ2v) is 5.19. The number of benzene rings is 2. The van der Waals surface area contributed by atoms with Crippen molar-refractivity contribution in [2.75, 3.05) is 5.32 Å². The van der Waals surface area contributed by atoms with E-state index >= 15 is 0 Å². The summed E-state index contributed by atoms with van der Waals surface area (Å²) in [6, 6.07) is 11.2. The van der Waals surface area contributed by atoms with Crippen molar-refractivity contribution in [2.24, 2.45) is 0 Å². The molecule has 0 radical (unpaired) electrons. The monoisotopic (exact) mass is 328 g/mol. The number of halogens is 1. The number of nitrogens with zero attached hydrogens (tertiary/aromatic N) is 1. The highest BCUT2D eigenvalue weighted by molar-refractivity contribution is 5.79. The molecule has 0 saturated carbocycles. The van der Waals surface area contributed by atoms with Crippen LogP contribution in [-0.2, 0) is 11.2 Å². The standard InChI is InChI=1S/C17H13FN2O4/c18-11-6-7-12-13(9-11)19-17(24-16(12)23)20-14(15(21)22)8-10-4-2-1-3-5-10/h1-7,9,14H,8H2,(H,19,20)(H,21,22)/t14-/m0/s1. The minimum atomic E-state index is -1.12. The highest BCUT2D eigenvalue weighted by Crippen LogP contribution is 2.14. The number of carboxylic acid groups (broad SMARTS) is 1. The maximum atomic E-state index is 13.3. The lowest BCUT2D eigenvalue weighted by molar-refractivity contribution is -0.137. The van der Waals surface area contributed by atoms with Crippen LogP contribution in [0.25, 0.3) is 10.9 Å². The number of fused-ring (bicyclic) bond motifs is 1. The Kier molecular flexibility index (Phi) is 4.24. The van der Waals surface area contributed by atoms with Gasteiger partial charge in [0.05, 0.1) is 10.9 Å². The summed E-state index contributed by atoms with van der Waals surface area (Å²) < 4.78 is 18.3. The lowest BCUT2D eigenvalue weighted by Gasteiger charge is -2.14. The number of carboxylic acids is 1. The van der Waals surface area contributed by atoms with Gasteiger partial charge in [0.15, 0.2) is 0 Å². The van der Waals surface area contributed by atoms with Gasteiger partial charge in [-0.2, -0.15) is 4.98 Å². The SMILES string of the molecule is O=C(O)[C@H](Cc1ccccc1)Nc1nc2cc(F)ccc2c(=O)o1. The highest BCUT2D eigenvalue weighted by atomic mass is 19.1. The molecule has 0 spiro atoms. The van der Waals surface area contributed by atoms with Crippen LogP contribution in [0.4, 0.5) is 10.4 Å². The van der Waals surface area contributed by atoms with E-state index in [-0.39, 0.29) is 23.3 Å². The molecule has 0 bridgehead atoms. The van der Waals surface area contributed by atoms with E-state index in [1.54, 1.807) is 24.3 Å². The predicted molar refractivity (Wildman–Crippen MR) is 85.4 cm³/mol. The molecule has 3 rings (SSSR count). The van der Waals surface area contributed by atoms with E-state index in [0.717, 1.165) is 17.7 Å². The second kappa shape index (κ2) is 6.49. The van der Waals surface area contributed by atoms with E-state index in [4.69, 9.17) is 4.42 Å². The first-order chi connectivity index (χ1) is 11.5. The van der Waals surface area contributed by atoms with Gasteiger partial charge in [-0.05, 0) is 17.7 Å². The number of anilines is 1. The van der Waals surface area contributed by atoms with Gasteiger partial charge in [-0.15, -0.1) is 0 Å². The molecule has 3 aromatic rings. The summed E-state index contributed by atoms with van der Waals surface area (Å²) in [5, 5.41) is 12.1. The fourth-order valence-corrected chi connectivity index (χ4v) is 2.31. The van der Waals surface area contributed by atoms with E-state index in [0.29, 0.717) is 0 Å². The lowest BCUT2D eigenvalue weighted by atomic mass is 10.1. The quantitative estimate of drug-likeness (QED) is 0.747. The molecule has 0 unspecified atom stereocenters. The maximum Gasteiger partial charge on any atom is 0.348 e. The number of hydrogen-bond donors (Lipinski definition) is 2. The molecule has 0 fully saturated rings. The Labute approximate surface area is 135 Å². The van der Waals surface area contributed by atoms with Crippen molar-refractivity contribution in [3.63, 3.8) is 0 Å². The lowest BCUT2D eigenvalue weighted by Crippen LogP contribution is -2.32. The van der Waals surface area contributed by atoms with Gasteiger partial charge in [-0.3, -0.25) is 0 Å². The Bertz CT molecular complexity index is 940. The molecule has 1 aromatic heterocycles. The van der Waals surface area contributed by atoms with Gasteiger partial charge in [0.2, 0.25) is 0 Å². The summed E-state index contributed by atoms with van der Waals surface area (Å²) in [6.07, 6.45) is 0.169. The van der Waals surface area contributed by atoms with Gasteiger partial charge in [0, 0.05) is 12.5 Å². The number of nitrogens with one attached hydrogen (secondary N) is 1. The number of hydrogen-bond acceptors (Lipinski definition) is 5. The Balaban J connectivity index is 1.91. The van der Waals surface area contributed by atoms with Crippen LogP contribution in [0.3, 0.4) is 0 Å². The molecule has 122 valence electrons. The minimum Gasteiger partial charge on any atom is -0.480 e. The van der Waals surface area contributed by atoms with Gasteiger partial charge in [0.25, 0.3) is 6.01 Å². The summed E-state index contributed by atoms with van der Waals surface area (Å²) >= 11 is 0. The molecular weight excluding hydrogens is 315 g/mol. The van der Waals surface area contributed by atoms with Crippen LogP contribution in [0, 0.1) is 5.82 Å². The highest BCUT2D eigenvalue weighted by Gasteiger charge is 2.20. The summed E-state index contributed by atoms with van der Waals surface area (Å²) in [5.41, 5.74) is 0.176. The van der Waals surface area contributed by atoms with Crippen LogP contribution in [0.5, 0.6) is 0 Å². The molecule has 0 aliphatic rings. The van der Waals surface area contributed by atoms with E-state index < -0.39 is 23.5 Å². The molecule has 2 N–H and O–H groups in total. The van der Waals surface area contributed by atoms with Crippen LogP contribution < -0.4 is 10.9 Å². The number of aliphatic carboxylic acids is 1. The van der Waals surface area contributed by atoms with Crippen molar-refractivity contribution in [3.05, 3.63) is 70.3 Å². The first kappa shape index (κ1) is 15.7. The molecular formula is C17H13FN2O4. The summed E-state index contributed by atoms with van der Waals surface area (Å²) in [6.45, 7) is 0. The fraction of sp³-hybridized carbons (Fsp3) is 0.118. The normalized spacial score (nSPS) is 12.0. The number of rotatable bonds is 5.